The van der Waals surface area contributed by atoms with Crippen LogP contribution in [0.2, 0.25) is 0 Å². The van der Waals surface area contributed by atoms with Crippen LogP contribution in [0.4, 0.5) is 4.39 Å². The molecule has 0 bridgehead atoms. The monoisotopic (exact) mass is 320 g/mol. The summed E-state index contributed by atoms with van der Waals surface area (Å²) < 4.78 is 13.0. The van der Waals surface area contributed by atoms with Gasteiger partial charge in [-0.2, -0.15) is 0 Å². The van der Waals surface area contributed by atoms with E-state index in [0.29, 0.717) is 30.9 Å². The number of benzene rings is 1. The number of aliphatic imine (C=N–C) groups is 1. The molecular formula is C17H25FN4O. The fourth-order valence-corrected chi connectivity index (χ4v) is 2.38. The van der Waals surface area contributed by atoms with Gasteiger partial charge in [0.15, 0.2) is 5.96 Å². The molecule has 1 amide bonds. The molecule has 0 aliphatic heterocycles. The highest BCUT2D eigenvalue weighted by Crippen LogP contribution is 2.28. The topological polar surface area (TPSA) is 79.5 Å². The van der Waals surface area contributed by atoms with Crippen molar-refractivity contribution in [2.45, 2.75) is 32.7 Å². The number of nitrogens with one attached hydrogen (secondary N) is 2. The fraction of sp³-hybridized carbons (Fsp3) is 0.529. The quantitative estimate of drug-likeness (QED) is 0.525. The summed E-state index contributed by atoms with van der Waals surface area (Å²) in [6.07, 6.45) is 1.59. The second-order valence-corrected chi connectivity index (χ2v) is 6.11. The molecule has 5 nitrogen and oxygen atoms in total. The number of guanidine groups is 1. The number of rotatable bonds is 7. The second-order valence-electron chi connectivity index (χ2n) is 6.11. The Bertz CT molecular complexity index is 558. The van der Waals surface area contributed by atoms with E-state index < -0.39 is 11.8 Å². The summed E-state index contributed by atoms with van der Waals surface area (Å²) in [5, 5.41) is 6.52. The molecule has 126 valence electrons. The smallest absolute Gasteiger partial charge is 0.222 e. The van der Waals surface area contributed by atoms with E-state index in [-0.39, 0.29) is 5.82 Å². The van der Waals surface area contributed by atoms with Crippen LogP contribution in [-0.4, -0.2) is 31.0 Å². The third-order valence-electron chi connectivity index (χ3n) is 4.04. The summed E-state index contributed by atoms with van der Waals surface area (Å²) in [5.74, 6) is 0.276. The van der Waals surface area contributed by atoms with Crippen LogP contribution in [0.25, 0.3) is 0 Å². The zero-order chi connectivity index (χ0) is 16.8. The number of nitrogens with two attached hydrogens (primary N) is 1. The van der Waals surface area contributed by atoms with Crippen molar-refractivity contribution >= 4 is 11.9 Å². The summed E-state index contributed by atoms with van der Waals surface area (Å²) in [6.45, 7) is 5.24. The molecule has 1 aliphatic rings. The molecule has 6 heteroatoms. The maximum atomic E-state index is 13.0. The van der Waals surface area contributed by atoms with E-state index in [4.69, 9.17) is 5.73 Å². The van der Waals surface area contributed by atoms with Gasteiger partial charge in [-0.1, -0.05) is 19.1 Å². The maximum absolute atomic E-state index is 13.0. The molecule has 3 unspecified atom stereocenters. The molecule has 3 atom stereocenters. The molecule has 1 aromatic rings. The summed E-state index contributed by atoms with van der Waals surface area (Å²) >= 11 is 0. The molecule has 0 saturated heterocycles. The van der Waals surface area contributed by atoms with Gasteiger partial charge in [0, 0.05) is 12.6 Å². The van der Waals surface area contributed by atoms with Gasteiger partial charge < -0.3 is 16.4 Å². The second kappa shape index (κ2) is 7.94. The normalized spacial score (nSPS) is 21.6. The molecule has 1 saturated carbocycles. The van der Waals surface area contributed by atoms with Crippen molar-refractivity contribution in [3.8, 4) is 0 Å². The van der Waals surface area contributed by atoms with Crippen LogP contribution < -0.4 is 16.4 Å². The van der Waals surface area contributed by atoms with Crippen LogP contribution in [0.5, 0.6) is 0 Å². The largest absolute Gasteiger partial charge is 0.369 e. The Labute approximate surface area is 136 Å². The number of hydrogen-bond acceptors (Lipinski definition) is 2. The average molecular weight is 320 g/mol. The molecular weight excluding hydrogens is 295 g/mol. The number of amides is 1. The summed E-state index contributed by atoms with van der Waals surface area (Å²) in [6, 6.07) is 6.57. The van der Waals surface area contributed by atoms with Crippen LogP contribution in [0.1, 0.15) is 25.8 Å². The molecule has 0 spiro atoms. The van der Waals surface area contributed by atoms with Crippen molar-refractivity contribution in [3.05, 3.63) is 35.6 Å². The zero-order valence-corrected chi connectivity index (χ0v) is 13.7. The minimum Gasteiger partial charge on any atom is -0.369 e. The zero-order valence-electron chi connectivity index (χ0n) is 13.7. The first-order chi connectivity index (χ1) is 11.0. The van der Waals surface area contributed by atoms with Crippen molar-refractivity contribution in [3.63, 3.8) is 0 Å². The van der Waals surface area contributed by atoms with Crippen molar-refractivity contribution in [2.24, 2.45) is 22.6 Å². The van der Waals surface area contributed by atoms with Gasteiger partial charge >= 0.3 is 0 Å². The van der Waals surface area contributed by atoms with E-state index in [0.717, 1.165) is 18.5 Å². The first-order valence-electron chi connectivity index (χ1n) is 8.08. The summed E-state index contributed by atoms with van der Waals surface area (Å²) in [7, 11) is 0. The lowest BCUT2D eigenvalue weighted by molar-refractivity contribution is -0.121. The minimum atomic E-state index is -0.410. The van der Waals surface area contributed by atoms with E-state index in [9.17, 15) is 9.18 Å². The van der Waals surface area contributed by atoms with E-state index >= 15 is 0 Å². The van der Waals surface area contributed by atoms with Crippen LogP contribution in [-0.2, 0) is 11.2 Å². The third-order valence-corrected chi connectivity index (χ3v) is 4.04. The van der Waals surface area contributed by atoms with Gasteiger partial charge in [-0.05, 0) is 43.4 Å². The predicted octanol–water partition coefficient (Wildman–Crippen LogP) is 1.43. The molecule has 1 aliphatic carbocycles. The van der Waals surface area contributed by atoms with E-state index in [1.54, 1.807) is 12.1 Å². The molecule has 2 rings (SSSR count). The van der Waals surface area contributed by atoms with Crippen LogP contribution >= 0.6 is 0 Å². The highest BCUT2D eigenvalue weighted by atomic mass is 19.1. The number of carbonyl (C=O) groups excluding carboxylic acids is 1. The lowest BCUT2D eigenvalue weighted by Crippen LogP contribution is -2.40. The number of primary amides is 1. The molecule has 0 heterocycles. The standard InChI is InChI=1S/C17H25FN4O/c1-3-20-17(22-15-8-11(15)2)21-10-13(16(19)23)9-12-4-6-14(18)7-5-12/h4-7,11,13,15H,3,8-10H2,1-2H3,(H2,19,23)(H2,20,21,22). The number of carbonyl (C=O) groups is 1. The first kappa shape index (κ1) is 17.2. The molecule has 23 heavy (non-hydrogen) atoms. The van der Waals surface area contributed by atoms with Crippen molar-refractivity contribution in [1.82, 2.24) is 10.6 Å². The average Bonchev–Trinajstić information content (AvgIpc) is 3.20. The van der Waals surface area contributed by atoms with Crippen LogP contribution in [0.15, 0.2) is 29.3 Å². The van der Waals surface area contributed by atoms with Crippen molar-refractivity contribution in [2.75, 3.05) is 13.1 Å². The van der Waals surface area contributed by atoms with Gasteiger partial charge in [-0.15, -0.1) is 0 Å². The van der Waals surface area contributed by atoms with Crippen LogP contribution in [0.3, 0.4) is 0 Å². The maximum Gasteiger partial charge on any atom is 0.222 e. The summed E-state index contributed by atoms with van der Waals surface area (Å²) in [5.41, 5.74) is 6.36. The van der Waals surface area contributed by atoms with Gasteiger partial charge in [0.2, 0.25) is 5.91 Å². The van der Waals surface area contributed by atoms with Gasteiger partial charge in [0.05, 0.1) is 12.5 Å². The molecule has 0 radical (unpaired) electrons. The van der Waals surface area contributed by atoms with Crippen molar-refractivity contribution in [1.29, 1.82) is 0 Å². The lowest BCUT2D eigenvalue weighted by Gasteiger charge is -2.14. The Balaban J connectivity index is 1.97. The Hall–Kier alpha value is -2.11. The minimum absolute atomic E-state index is 0.292. The molecule has 0 aromatic heterocycles. The molecule has 4 N–H and O–H groups in total. The SMILES string of the molecule is CCNC(=NCC(Cc1ccc(F)cc1)C(N)=O)NC1CC1C. The highest BCUT2D eigenvalue weighted by molar-refractivity contribution is 5.81. The Morgan fingerprint density at radius 2 is 2.09 bits per heavy atom. The summed E-state index contributed by atoms with van der Waals surface area (Å²) in [4.78, 5) is 16.1. The Morgan fingerprint density at radius 1 is 1.43 bits per heavy atom. The van der Waals surface area contributed by atoms with Crippen molar-refractivity contribution < 1.29 is 9.18 Å². The number of halogens is 1. The van der Waals surface area contributed by atoms with Crippen LogP contribution in [0, 0.1) is 17.7 Å². The van der Waals surface area contributed by atoms with E-state index in [1.165, 1.54) is 12.1 Å². The van der Waals surface area contributed by atoms with E-state index in [1.807, 2.05) is 6.92 Å². The lowest BCUT2D eigenvalue weighted by atomic mass is 9.99. The molecule has 1 aromatic carbocycles. The van der Waals surface area contributed by atoms with Gasteiger partial charge in [0.1, 0.15) is 5.82 Å². The predicted molar refractivity (Wildman–Crippen MR) is 89.5 cm³/mol. The Kier molecular flexibility index (Phi) is 5.96. The first-order valence-corrected chi connectivity index (χ1v) is 8.08. The third kappa shape index (κ3) is 5.54. The molecule has 1 fully saturated rings. The van der Waals surface area contributed by atoms with E-state index in [2.05, 4.69) is 22.5 Å². The van der Waals surface area contributed by atoms with Gasteiger partial charge in [-0.3, -0.25) is 9.79 Å². The fourth-order valence-electron chi connectivity index (χ4n) is 2.38. The number of nitrogens with zero attached hydrogens (tertiary/aromatic N) is 1. The highest BCUT2D eigenvalue weighted by Gasteiger charge is 2.33. The number of hydrogen-bond donors (Lipinski definition) is 3. The van der Waals surface area contributed by atoms with Gasteiger partial charge in [0.25, 0.3) is 0 Å². The Morgan fingerprint density at radius 3 is 2.61 bits per heavy atom. The van der Waals surface area contributed by atoms with Gasteiger partial charge in [-0.25, -0.2) is 4.39 Å².